The van der Waals surface area contributed by atoms with Crippen LogP contribution in [0.15, 0.2) is 30.3 Å². The second kappa shape index (κ2) is 8.15. The van der Waals surface area contributed by atoms with Crippen molar-refractivity contribution in [2.24, 2.45) is 0 Å². The van der Waals surface area contributed by atoms with Gasteiger partial charge in [0.1, 0.15) is 0 Å². The summed E-state index contributed by atoms with van der Waals surface area (Å²) in [5, 5.41) is 3.90. The lowest BCUT2D eigenvalue weighted by Crippen LogP contribution is -2.42. The van der Waals surface area contributed by atoms with Crippen molar-refractivity contribution in [3.05, 3.63) is 40.9 Å². The molecular weight excluding hydrogens is 304 g/mol. The highest BCUT2D eigenvalue weighted by Gasteiger charge is 2.13. The third-order valence-corrected chi connectivity index (χ3v) is 4.15. The highest BCUT2D eigenvalue weighted by atomic mass is 35.5. The third kappa shape index (κ3) is 5.14. The van der Waals surface area contributed by atoms with E-state index < -0.39 is 0 Å². The Morgan fingerprint density at radius 2 is 1.86 bits per heavy atom. The molecule has 0 unspecified atom stereocenters. The second-order valence-corrected chi connectivity index (χ2v) is 5.84. The Morgan fingerprint density at radius 1 is 1.19 bits per heavy atom. The van der Waals surface area contributed by atoms with Gasteiger partial charge in [-0.05, 0) is 42.8 Å². The molecule has 0 saturated carbocycles. The van der Waals surface area contributed by atoms with E-state index in [1.165, 1.54) is 18.9 Å². The number of carbonyl (C=O) groups is 1. The number of nitrogens with one attached hydrogen (secondary N) is 1. The number of benzene rings is 1. The fraction of sp³-hybridized carbons (Fsp3) is 0.375. The maximum Gasteiger partial charge on any atom is 0.250 e. The number of halogens is 1. The molecule has 5 heteroatoms. The minimum absolute atomic E-state index is 0.218. The summed E-state index contributed by atoms with van der Waals surface area (Å²) < 4.78 is 0. The molecule has 112 valence electrons. The van der Waals surface area contributed by atoms with Crippen molar-refractivity contribution in [1.82, 2.24) is 10.2 Å². The zero-order valence-electron chi connectivity index (χ0n) is 11.8. The van der Waals surface area contributed by atoms with E-state index in [1.54, 1.807) is 12.1 Å². The summed E-state index contributed by atoms with van der Waals surface area (Å²) in [7, 11) is 0. The Balaban J connectivity index is 1.89. The van der Waals surface area contributed by atoms with Crippen LogP contribution in [0.3, 0.4) is 0 Å². The van der Waals surface area contributed by atoms with Gasteiger partial charge in [0.05, 0.1) is 0 Å². The molecule has 0 atom stereocenters. The molecule has 2 rings (SSSR count). The maximum atomic E-state index is 11.9. The molecule has 1 aliphatic rings. The van der Waals surface area contributed by atoms with Gasteiger partial charge in [-0.2, -0.15) is 0 Å². The first-order chi connectivity index (χ1) is 10.2. The van der Waals surface area contributed by atoms with Crippen molar-refractivity contribution in [3.63, 3.8) is 0 Å². The molecule has 1 aliphatic heterocycles. The average molecular weight is 323 g/mol. The lowest BCUT2D eigenvalue weighted by Gasteiger charge is -2.22. The summed E-state index contributed by atoms with van der Waals surface area (Å²) in [6.45, 7) is 1.85. The standard InChI is InChI=1S/C16H19ClN2OS/c17-14-8-4-3-7-13(14)9-10-15(20)18-16(21)19-11-5-1-2-6-12-19/h3-4,7-10H,1-2,5-6,11-12H2,(H,18,20,21). The van der Waals surface area contributed by atoms with Crippen LogP contribution in [-0.2, 0) is 4.79 Å². The van der Waals surface area contributed by atoms with Gasteiger partial charge in [0.15, 0.2) is 5.11 Å². The Morgan fingerprint density at radius 3 is 2.52 bits per heavy atom. The minimum Gasteiger partial charge on any atom is -0.349 e. The van der Waals surface area contributed by atoms with Crippen LogP contribution >= 0.6 is 23.8 Å². The summed E-state index contributed by atoms with van der Waals surface area (Å²) in [6.07, 6.45) is 7.89. The molecule has 0 radical (unpaired) electrons. The molecule has 0 bridgehead atoms. The van der Waals surface area contributed by atoms with Gasteiger partial charge in [-0.25, -0.2) is 0 Å². The van der Waals surface area contributed by atoms with Gasteiger partial charge < -0.3 is 4.90 Å². The van der Waals surface area contributed by atoms with Crippen LogP contribution in [0.5, 0.6) is 0 Å². The molecule has 0 aliphatic carbocycles. The van der Waals surface area contributed by atoms with Crippen LogP contribution in [-0.4, -0.2) is 29.0 Å². The summed E-state index contributed by atoms with van der Waals surface area (Å²) in [5.41, 5.74) is 0.815. The van der Waals surface area contributed by atoms with E-state index in [-0.39, 0.29) is 5.91 Å². The van der Waals surface area contributed by atoms with Gasteiger partial charge in [-0.1, -0.05) is 42.6 Å². The van der Waals surface area contributed by atoms with Crippen LogP contribution in [0.25, 0.3) is 6.08 Å². The molecule has 1 aromatic carbocycles. The normalized spacial score (nSPS) is 15.8. The van der Waals surface area contributed by atoms with E-state index in [9.17, 15) is 4.79 Å². The van der Waals surface area contributed by atoms with Crippen molar-refractivity contribution in [3.8, 4) is 0 Å². The van der Waals surface area contributed by atoms with E-state index in [1.807, 2.05) is 18.2 Å². The van der Waals surface area contributed by atoms with Gasteiger partial charge in [0, 0.05) is 24.2 Å². The smallest absolute Gasteiger partial charge is 0.250 e. The molecule has 1 N–H and O–H groups in total. The van der Waals surface area contributed by atoms with Crippen molar-refractivity contribution in [2.75, 3.05) is 13.1 Å². The fourth-order valence-corrected chi connectivity index (χ4v) is 2.76. The number of thiocarbonyl (C=S) groups is 1. The Labute approximate surface area is 136 Å². The Kier molecular flexibility index (Phi) is 6.21. The zero-order chi connectivity index (χ0) is 15.1. The van der Waals surface area contributed by atoms with Crippen molar-refractivity contribution in [1.29, 1.82) is 0 Å². The zero-order valence-corrected chi connectivity index (χ0v) is 13.4. The summed E-state index contributed by atoms with van der Waals surface area (Å²) >= 11 is 11.3. The SMILES string of the molecule is O=C(C=Cc1ccccc1Cl)NC(=S)N1CCCCCC1. The number of likely N-dealkylation sites (tertiary alicyclic amines) is 1. The van der Waals surface area contributed by atoms with Crippen molar-refractivity contribution < 1.29 is 4.79 Å². The number of hydrogen-bond acceptors (Lipinski definition) is 2. The Hall–Kier alpha value is -1.39. The first kappa shape index (κ1) is 16.0. The molecule has 21 heavy (non-hydrogen) atoms. The maximum absolute atomic E-state index is 11.9. The summed E-state index contributed by atoms with van der Waals surface area (Å²) in [6, 6.07) is 7.39. The quantitative estimate of drug-likeness (QED) is 0.666. The first-order valence-corrected chi connectivity index (χ1v) is 7.98. The van der Waals surface area contributed by atoms with Gasteiger partial charge >= 0.3 is 0 Å². The summed E-state index contributed by atoms with van der Waals surface area (Å²) in [4.78, 5) is 14.0. The van der Waals surface area contributed by atoms with Crippen molar-refractivity contribution in [2.45, 2.75) is 25.7 Å². The highest BCUT2D eigenvalue weighted by Crippen LogP contribution is 2.16. The monoisotopic (exact) mass is 322 g/mol. The number of nitrogens with zero attached hydrogens (tertiary/aromatic N) is 1. The Bertz CT molecular complexity index is 537. The highest BCUT2D eigenvalue weighted by molar-refractivity contribution is 7.80. The van der Waals surface area contributed by atoms with Crippen LogP contribution in [0, 0.1) is 0 Å². The molecular formula is C16H19ClN2OS. The molecule has 1 amide bonds. The van der Waals surface area contributed by atoms with Crippen molar-refractivity contribution >= 4 is 40.9 Å². The number of carbonyl (C=O) groups excluding carboxylic acids is 1. The predicted molar refractivity (Wildman–Crippen MR) is 91.3 cm³/mol. The van der Waals surface area contributed by atoms with E-state index in [2.05, 4.69) is 10.2 Å². The minimum atomic E-state index is -0.218. The molecule has 0 spiro atoms. The lowest BCUT2D eigenvalue weighted by molar-refractivity contribution is -0.115. The van der Waals surface area contributed by atoms with Gasteiger partial charge in [0.25, 0.3) is 0 Å². The van der Waals surface area contributed by atoms with E-state index in [4.69, 9.17) is 23.8 Å². The van der Waals surface area contributed by atoms with E-state index in [0.717, 1.165) is 31.5 Å². The third-order valence-electron chi connectivity index (χ3n) is 3.44. The molecule has 1 saturated heterocycles. The molecule has 1 heterocycles. The van der Waals surface area contributed by atoms with Gasteiger partial charge in [-0.3, -0.25) is 10.1 Å². The topological polar surface area (TPSA) is 32.3 Å². The fourth-order valence-electron chi connectivity index (χ4n) is 2.28. The number of hydrogen-bond donors (Lipinski definition) is 1. The average Bonchev–Trinajstić information content (AvgIpc) is 2.75. The molecule has 1 aromatic rings. The van der Waals surface area contributed by atoms with E-state index in [0.29, 0.717) is 10.1 Å². The number of amides is 1. The largest absolute Gasteiger partial charge is 0.349 e. The predicted octanol–water partition coefficient (Wildman–Crippen LogP) is 3.63. The number of rotatable bonds is 2. The molecule has 1 fully saturated rings. The van der Waals surface area contributed by atoms with Gasteiger partial charge in [0.2, 0.25) is 5.91 Å². The van der Waals surface area contributed by atoms with Crippen LogP contribution in [0.2, 0.25) is 5.02 Å². The lowest BCUT2D eigenvalue weighted by atomic mass is 10.2. The van der Waals surface area contributed by atoms with Gasteiger partial charge in [-0.15, -0.1) is 0 Å². The van der Waals surface area contributed by atoms with Crippen LogP contribution < -0.4 is 5.32 Å². The second-order valence-electron chi connectivity index (χ2n) is 5.05. The summed E-state index contributed by atoms with van der Waals surface area (Å²) in [5.74, 6) is -0.218. The van der Waals surface area contributed by atoms with Crippen LogP contribution in [0.1, 0.15) is 31.2 Å². The van der Waals surface area contributed by atoms with Crippen LogP contribution in [0.4, 0.5) is 0 Å². The molecule has 0 aromatic heterocycles. The van der Waals surface area contributed by atoms with E-state index >= 15 is 0 Å². The molecule has 3 nitrogen and oxygen atoms in total. The first-order valence-electron chi connectivity index (χ1n) is 7.19.